The highest BCUT2D eigenvalue weighted by Crippen LogP contribution is 2.17. The van der Waals surface area contributed by atoms with Crippen molar-refractivity contribution in [3.05, 3.63) is 0 Å². The van der Waals surface area contributed by atoms with Crippen LogP contribution in [0.3, 0.4) is 0 Å². The number of nitrogens with two attached hydrogens (primary N) is 1. The van der Waals surface area contributed by atoms with Crippen LogP contribution in [0, 0.1) is 0 Å². The van der Waals surface area contributed by atoms with Crippen molar-refractivity contribution in [2.24, 2.45) is 5.14 Å². The summed E-state index contributed by atoms with van der Waals surface area (Å²) in [6, 6.07) is 0.271. The van der Waals surface area contributed by atoms with Crippen molar-refractivity contribution in [2.45, 2.75) is 63.8 Å². The van der Waals surface area contributed by atoms with Crippen LogP contribution < -0.4 is 10.5 Å². The van der Waals surface area contributed by atoms with E-state index >= 15 is 0 Å². The number of rotatable bonds is 5. The highest BCUT2D eigenvalue weighted by atomic mass is 32.2. The van der Waals surface area contributed by atoms with Crippen molar-refractivity contribution < 1.29 is 13.2 Å². The summed E-state index contributed by atoms with van der Waals surface area (Å²) in [7, 11) is -3.44. The first kappa shape index (κ1) is 15.4. The molecule has 0 heterocycles. The van der Waals surface area contributed by atoms with Crippen LogP contribution in [0.15, 0.2) is 0 Å². The molecule has 0 spiro atoms. The first-order valence-corrected chi connectivity index (χ1v) is 8.49. The first-order chi connectivity index (χ1) is 8.47. The van der Waals surface area contributed by atoms with Crippen LogP contribution in [0.2, 0.25) is 0 Å². The summed E-state index contributed by atoms with van der Waals surface area (Å²) in [5, 5.41) is 7.88. The quantitative estimate of drug-likeness (QED) is 0.792. The molecule has 0 bridgehead atoms. The molecule has 106 valence electrons. The average Bonchev–Trinajstić information content (AvgIpc) is 2.20. The molecule has 0 aromatic rings. The number of hydrogen-bond acceptors (Lipinski definition) is 3. The first-order valence-electron chi connectivity index (χ1n) is 6.77. The summed E-state index contributed by atoms with van der Waals surface area (Å²) in [5.41, 5.74) is 0. The van der Waals surface area contributed by atoms with Crippen LogP contribution in [0.1, 0.15) is 57.8 Å². The maximum atomic E-state index is 11.6. The van der Waals surface area contributed by atoms with Crippen LogP contribution in [0.5, 0.6) is 0 Å². The van der Waals surface area contributed by atoms with Gasteiger partial charge in [0.15, 0.2) is 0 Å². The number of sulfonamides is 1. The van der Waals surface area contributed by atoms with Gasteiger partial charge in [0.2, 0.25) is 15.9 Å². The second-order valence-electron chi connectivity index (χ2n) is 5.08. The molecule has 1 saturated carbocycles. The Balaban J connectivity index is 2.21. The van der Waals surface area contributed by atoms with Gasteiger partial charge in [-0.2, -0.15) is 0 Å². The summed E-state index contributed by atoms with van der Waals surface area (Å²) in [6.45, 7) is 0. The van der Waals surface area contributed by atoms with Gasteiger partial charge >= 0.3 is 0 Å². The summed E-state index contributed by atoms with van der Waals surface area (Å²) >= 11 is 0. The van der Waals surface area contributed by atoms with E-state index in [0.717, 1.165) is 12.8 Å². The molecule has 1 aliphatic rings. The fourth-order valence-corrected chi connectivity index (χ4v) is 2.88. The van der Waals surface area contributed by atoms with Crippen molar-refractivity contribution in [1.29, 1.82) is 0 Å². The molecule has 18 heavy (non-hydrogen) atoms. The van der Waals surface area contributed by atoms with Gasteiger partial charge in [-0.05, 0) is 19.3 Å². The second kappa shape index (κ2) is 7.74. The average molecular weight is 276 g/mol. The van der Waals surface area contributed by atoms with Crippen molar-refractivity contribution in [1.82, 2.24) is 5.32 Å². The molecule has 0 atom stereocenters. The van der Waals surface area contributed by atoms with E-state index in [9.17, 15) is 13.2 Å². The van der Waals surface area contributed by atoms with Gasteiger partial charge in [0.05, 0.1) is 5.75 Å². The van der Waals surface area contributed by atoms with Crippen LogP contribution in [-0.4, -0.2) is 26.1 Å². The lowest BCUT2D eigenvalue weighted by Crippen LogP contribution is -2.35. The van der Waals surface area contributed by atoms with Gasteiger partial charge in [0, 0.05) is 12.5 Å². The SMILES string of the molecule is NS(=O)(=O)CCCC(=O)NC1CCCCCCC1. The predicted molar refractivity (Wildman–Crippen MR) is 71.5 cm³/mol. The van der Waals surface area contributed by atoms with Gasteiger partial charge in [-0.25, -0.2) is 13.6 Å². The van der Waals surface area contributed by atoms with Crippen LogP contribution in [0.4, 0.5) is 0 Å². The highest BCUT2D eigenvalue weighted by Gasteiger charge is 2.14. The summed E-state index contributed by atoms with van der Waals surface area (Å²) in [6.07, 6.45) is 8.76. The standard InChI is InChI=1S/C12H24N2O3S/c13-18(16,17)10-6-9-12(15)14-11-7-4-2-1-3-5-8-11/h11H,1-10H2,(H,14,15)(H2,13,16,17). The van der Waals surface area contributed by atoms with E-state index in [4.69, 9.17) is 5.14 Å². The summed E-state index contributed by atoms with van der Waals surface area (Å²) < 4.78 is 21.5. The third-order valence-corrected chi connectivity index (χ3v) is 4.16. The molecular weight excluding hydrogens is 252 g/mol. The fraction of sp³-hybridized carbons (Fsp3) is 0.917. The van der Waals surface area contributed by atoms with E-state index in [1.807, 2.05) is 0 Å². The van der Waals surface area contributed by atoms with Crippen molar-refractivity contribution in [3.63, 3.8) is 0 Å². The Labute approximate surface area is 110 Å². The normalized spacial score (nSPS) is 18.9. The maximum Gasteiger partial charge on any atom is 0.220 e. The Kier molecular flexibility index (Phi) is 6.63. The van der Waals surface area contributed by atoms with E-state index in [2.05, 4.69) is 5.32 Å². The molecular formula is C12H24N2O3S. The zero-order valence-electron chi connectivity index (χ0n) is 10.9. The van der Waals surface area contributed by atoms with Crippen LogP contribution in [-0.2, 0) is 14.8 Å². The summed E-state index contributed by atoms with van der Waals surface area (Å²) in [5.74, 6) is -0.172. The lowest BCUT2D eigenvalue weighted by atomic mass is 9.96. The molecule has 3 N–H and O–H groups in total. The largest absolute Gasteiger partial charge is 0.353 e. The fourth-order valence-electron chi connectivity index (χ4n) is 2.33. The molecule has 0 radical (unpaired) electrons. The van der Waals surface area contributed by atoms with E-state index < -0.39 is 10.0 Å². The highest BCUT2D eigenvalue weighted by molar-refractivity contribution is 7.89. The van der Waals surface area contributed by atoms with Crippen molar-refractivity contribution in [2.75, 3.05) is 5.75 Å². The van der Waals surface area contributed by atoms with E-state index in [1.54, 1.807) is 0 Å². The molecule has 0 saturated heterocycles. The number of nitrogens with one attached hydrogen (secondary N) is 1. The Morgan fingerprint density at radius 1 is 1.11 bits per heavy atom. The molecule has 0 aliphatic heterocycles. The van der Waals surface area contributed by atoms with E-state index in [1.165, 1.54) is 32.1 Å². The number of amides is 1. The Bertz CT molecular complexity index is 346. The van der Waals surface area contributed by atoms with Crippen molar-refractivity contribution in [3.8, 4) is 0 Å². The minimum Gasteiger partial charge on any atom is -0.353 e. The molecule has 1 aliphatic carbocycles. The second-order valence-corrected chi connectivity index (χ2v) is 6.81. The lowest BCUT2D eigenvalue weighted by Gasteiger charge is -2.20. The van der Waals surface area contributed by atoms with Gasteiger partial charge in [-0.1, -0.05) is 32.1 Å². The predicted octanol–water partition coefficient (Wildman–Crippen LogP) is 1.28. The van der Waals surface area contributed by atoms with Gasteiger partial charge in [-0.15, -0.1) is 0 Å². The van der Waals surface area contributed by atoms with Gasteiger partial charge in [-0.3, -0.25) is 4.79 Å². The third kappa shape index (κ3) is 7.66. The minimum atomic E-state index is -3.44. The molecule has 1 rings (SSSR count). The minimum absolute atomic E-state index is 0.0516. The number of carbonyl (C=O) groups excluding carboxylic acids is 1. The molecule has 1 fully saturated rings. The Morgan fingerprint density at radius 2 is 1.67 bits per heavy atom. The summed E-state index contributed by atoms with van der Waals surface area (Å²) in [4.78, 5) is 11.6. The third-order valence-electron chi connectivity index (χ3n) is 3.30. The maximum absolute atomic E-state index is 11.6. The van der Waals surface area contributed by atoms with Gasteiger partial charge in [0.25, 0.3) is 0 Å². The number of hydrogen-bond donors (Lipinski definition) is 2. The van der Waals surface area contributed by atoms with Crippen molar-refractivity contribution >= 4 is 15.9 Å². The topological polar surface area (TPSA) is 89.3 Å². The molecule has 0 aromatic heterocycles. The zero-order valence-corrected chi connectivity index (χ0v) is 11.7. The molecule has 5 nitrogen and oxygen atoms in total. The smallest absolute Gasteiger partial charge is 0.220 e. The van der Waals surface area contributed by atoms with Crippen LogP contribution in [0.25, 0.3) is 0 Å². The zero-order chi connectivity index (χ0) is 13.4. The molecule has 0 aromatic carbocycles. The molecule has 1 amide bonds. The molecule has 6 heteroatoms. The van der Waals surface area contributed by atoms with Crippen LogP contribution >= 0.6 is 0 Å². The Morgan fingerprint density at radius 3 is 2.22 bits per heavy atom. The lowest BCUT2D eigenvalue weighted by molar-refractivity contribution is -0.121. The van der Waals surface area contributed by atoms with E-state index in [0.29, 0.717) is 6.42 Å². The van der Waals surface area contributed by atoms with Gasteiger partial charge < -0.3 is 5.32 Å². The van der Waals surface area contributed by atoms with E-state index in [-0.39, 0.29) is 24.1 Å². The monoisotopic (exact) mass is 276 g/mol. The Hall–Kier alpha value is -0.620. The van der Waals surface area contributed by atoms with Gasteiger partial charge in [0.1, 0.15) is 0 Å². The number of primary sulfonamides is 1. The molecule has 0 unspecified atom stereocenters. The number of carbonyl (C=O) groups is 1.